The molecular formula is C18H26N4O2. The molecule has 0 unspecified atom stereocenters. The van der Waals surface area contributed by atoms with Crippen molar-refractivity contribution in [1.82, 2.24) is 14.8 Å². The average molecular weight is 330 g/mol. The molecule has 2 aliphatic rings. The highest BCUT2D eigenvalue weighted by Crippen LogP contribution is 2.30. The van der Waals surface area contributed by atoms with E-state index in [-0.39, 0.29) is 11.9 Å². The molecule has 0 aromatic carbocycles. The van der Waals surface area contributed by atoms with Crippen LogP contribution in [0.4, 0.5) is 5.82 Å². The highest BCUT2D eigenvalue weighted by Gasteiger charge is 2.32. The van der Waals surface area contributed by atoms with Gasteiger partial charge >= 0.3 is 0 Å². The van der Waals surface area contributed by atoms with Gasteiger partial charge in [0.15, 0.2) is 0 Å². The van der Waals surface area contributed by atoms with Gasteiger partial charge in [0.25, 0.3) is 5.91 Å². The third-order valence-electron chi connectivity index (χ3n) is 4.54. The molecule has 1 saturated carbocycles. The van der Waals surface area contributed by atoms with Gasteiger partial charge in [-0.3, -0.25) is 14.5 Å². The third-order valence-corrected chi connectivity index (χ3v) is 4.54. The van der Waals surface area contributed by atoms with E-state index in [4.69, 9.17) is 0 Å². The van der Waals surface area contributed by atoms with Crippen LogP contribution in [0.1, 0.15) is 37.0 Å². The van der Waals surface area contributed by atoms with E-state index in [1.54, 1.807) is 12.3 Å². The predicted molar refractivity (Wildman–Crippen MR) is 93.1 cm³/mol. The quantitative estimate of drug-likeness (QED) is 0.859. The molecule has 1 aliphatic carbocycles. The molecule has 6 nitrogen and oxygen atoms in total. The zero-order valence-electron chi connectivity index (χ0n) is 14.5. The number of aromatic nitrogens is 1. The Morgan fingerprint density at radius 2 is 1.96 bits per heavy atom. The summed E-state index contributed by atoms with van der Waals surface area (Å²) >= 11 is 0. The third kappa shape index (κ3) is 4.12. The molecule has 0 bridgehead atoms. The summed E-state index contributed by atoms with van der Waals surface area (Å²) in [6.07, 6.45) is 3.82. The number of nitrogens with one attached hydrogen (secondary N) is 1. The monoisotopic (exact) mass is 330 g/mol. The van der Waals surface area contributed by atoms with Crippen LogP contribution in [0.5, 0.6) is 0 Å². The molecule has 0 spiro atoms. The van der Waals surface area contributed by atoms with E-state index in [1.165, 1.54) is 0 Å². The van der Waals surface area contributed by atoms with Crippen LogP contribution in [0.3, 0.4) is 0 Å². The van der Waals surface area contributed by atoms with Crippen LogP contribution in [-0.2, 0) is 4.79 Å². The lowest BCUT2D eigenvalue weighted by Gasteiger charge is -2.34. The first kappa shape index (κ1) is 16.9. The lowest BCUT2D eigenvalue weighted by molar-refractivity contribution is -0.121. The van der Waals surface area contributed by atoms with Gasteiger partial charge in [0.05, 0.1) is 12.1 Å². The van der Waals surface area contributed by atoms with Gasteiger partial charge in [0.1, 0.15) is 11.6 Å². The number of nitrogens with zero attached hydrogens (tertiary/aromatic N) is 3. The average Bonchev–Trinajstić information content (AvgIpc) is 3.40. The number of hydrogen-bond donors (Lipinski definition) is 1. The van der Waals surface area contributed by atoms with Crippen LogP contribution in [-0.4, -0.2) is 65.2 Å². The van der Waals surface area contributed by atoms with Gasteiger partial charge in [-0.15, -0.1) is 0 Å². The second-order valence-electron chi connectivity index (χ2n) is 7.01. The lowest BCUT2D eigenvalue weighted by atomic mass is 10.1. The fourth-order valence-corrected chi connectivity index (χ4v) is 3.00. The van der Waals surface area contributed by atoms with Crippen molar-refractivity contribution in [2.24, 2.45) is 5.92 Å². The molecule has 2 fully saturated rings. The van der Waals surface area contributed by atoms with Crippen LogP contribution < -0.4 is 5.32 Å². The molecule has 1 aliphatic heterocycles. The first-order chi connectivity index (χ1) is 11.5. The number of ketones is 1. The molecule has 6 heteroatoms. The number of anilines is 1. The SMILES string of the molecule is CC(C)Nc1ncccc1C(=O)N1CCN(CC(=O)C2CC2)CC1. The Morgan fingerprint density at radius 3 is 2.58 bits per heavy atom. The summed E-state index contributed by atoms with van der Waals surface area (Å²) in [6.45, 7) is 7.44. The highest BCUT2D eigenvalue weighted by atomic mass is 16.2. The van der Waals surface area contributed by atoms with Crippen molar-refractivity contribution in [2.45, 2.75) is 32.7 Å². The van der Waals surface area contributed by atoms with Gasteiger partial charge in [-0.1, -0.05) is 0 Å². The summed E-state index contributed by atoms with van der Waals surface area (Å²) in [5.41, 5.74) is 0.619. The molecule has 0 atom stereocenters. The molecule has 1 saturated heterocycles. The molecule has 130 valence electrons. The van der Waals surface area contributed by atoms with Gasteiger partial charge < -0.3 is 10.2 Å². The van der Waals surface area contributed by atoms with Gasteiger partial charge in [-0.2, -0.15) is 0 Å². The summed E-state index contributed by atoms with van der Waals surface area (Å²) in [5.74, 6) is 1.33. The van der Waals surface area contributed by atoms with E-state index >= 15 is 0 Å². The number of pyridine rings is 1. The van der Waals surface area contributed by atoms with E-state index < -0.39 is 0 Å². The maximum absolute atomic E-state index is 12.8. The van der Waals surface area contributed by atoms with E-state index in [1.807, 2.05) is 24.8 Å². The van der Waals surface area contributed by atoms with E-state index in [0.29, 0.717) is 42.7 Å². The molecule has 1 aromatic rings. The minimum absolute atomic E-state index is 0.0134. The maximum atomic E-state index is 12.8. The molecule has 1 amide bonds. The molecule has 2 heterocycles. The van der Waals surface area contributed by atoms with Crippen LogP contribution in [0.25, 0.3) is 0 Å². The van der Waals surface area contributed by atoms with Crippen molar-refractivity contribution in [1.29, 1.82) is 0 Å². The zero-order chi connectivity index (χ0) is 17.1. The van der Waals surface area contributed by atoms with E-state index in [9.17, 15) is 9.59 Å². The standard InChI is InChI=1S/C18H26N4O2/c1-13(2)20-17-15(4-3-7-19-17)18(24)22-10-8-21(9-11-22)12-16(23)14-5-6-14/h3-4,7,13-14H,5-6,8-12H2,1-2H3,(H,19,20). The highest BCUT2D eigenvalue weighted by molar-refractivity contribution is 5.98. The number of carbonyl (C=O) groups is 2. The summed E-state index contributed by atoms with van der Waals surface area (Å²) in [6, 6.07) is 3.84. The fourth-order valence-electron chi connectivity index (χ4n) is 3.00. The molecule has 24 heavy (non-hydrogen) atoms. The molecule has 1 aromatic heterocycles. The van der Waals surface area contributed by atoms with Gasteiger partial charge in [0, 0.05) is 44.3 Å². The van der Waals surface area contributed by atoms with E-state index in [2.05, 4.69) is 15.2 Å². The first-order valence-electron chi connectivity index (χ1n) is 8.80. The summed E-state index contributed by atoms with van der Waals surface area (Å²) in [4.78, 5) is 33.1. The number of carbonyl (C=O) groups excluding carboxylic acids is 2. The van der Waals surface area contributed by atoms with Crippen molar-refractivity contribution in [2.75, 3.05) is 38.0 Å². The molecular weight excluding hydrogens is 304 g/mol. The van der Waals surface area contributed by atoms with Gasteiger partial charge in [-0.25, -0.2) is 4.98 Å². The van der Waals surface area contributed by atoms with Gasteiger partial charge in [-0.05, 0) is 38.8 Å². The lowest BCUT2D eigenvalue weighted by Crippen LogP contribution is -2.50. The normalized spacial score (nSPS) is 18.7. The Bertz CT molecular complexity index is 605. The number of piperazine rings is 1. The Kier molecular flexibility index (Phi) is 5.14. The van der Waals surface area contributed by atoms with Crippen molar-refractivity contribution < 1.29 is 9.59 Å². The Labute approximate surface area is 143 Å². The smallest absolute Gasteiger partial charge is 0.257 e. The Balaban J connectivity index is 1.58. The number of hydrogen-bond acceptors (Lipinski definition) is 5. The van der Waals surface area contributed by atoms with Gasteiger partial charge in [0.2, 0.25) is 0 Å². The fraction of sp³-hybridized carbons (Fsp3) is 0.611. The molecule has 0 radical (unpaired) electrons. The van der Waals surface area contributed by atoms with Crippen molar-refractivity contribution in [3.05, 3.63) is 23.9 Å². The minimum atomic E-state index is 0.0134. The minimum Gasteiger partial charge on any atom is -0.367 e. The van der Waals surface area contributed by atoms with Crippen molar-refractivity contribution in [3.63, 3.8) is 0 Å². The van der Waals surface area contributed by atoms with Crippen LogP contribution >= 0.6 is 0 Å². The van der Waals surface area contributed by atoms with Crippen LogP contribution in [0.15, 0.2) is 18.3 Å². The number of Topliss-reactive ketones (excluding diaryl/α,β-unsaturated/α-hetero) is 1. The zero-order valence-corrected chi connectivity index (χ0v) is 14.5. The molecule has 3 rings (SSSR count). The van der Waals surface area contributed by atoms with Crippen LogP contribution in [0.2, 0.25) is 0 Å². The first-order valence-corrected chi connectivity index (χ1v) is 8.80. The summed E-state index contributed by atoms with van der Waals surface area (Å²) < 4.78 is 0. The number of rotatable bonds is 6. The second-order valence-corrected chi connectivity index (χ2v) is 7.01. The predicted octanol–water partition coefficient (Wildman–Crippen LogP) is 1.64. The second kappa shape index (κ2) is 7.30. The molecule has 1 N–H and O–H groups in total. The topological polar surface area (TPSA) is 65.5 Å². The maximum Gasteiger partial charge on any atom is 0.257 e. The van der Waals surface area contributed by atoms with Crippen molar-refractivity contribution in [3.8, 4) is 0 Å². The largest absolute Gasteiger partial charge is 0.367 e. The summed E-state index contributed by atoms with van der Waals surface area (Å²) in [7, 11) is 0. The van der Waals surface area contributed by atoms with Crippen LogP contribution in [0, 0.1) is 5.92 Å². The number of amides is 1. The van der Waals surface area contributed by atoms with Crippen molar-refractivity contribution >= 4 is 17.5 Å². The Hall–Kier alpha value is -1.95. The summed E-state index contributed by atoms with van der Waals surface area (Å²) in [5, 5.41) is 3.23. The van der Waals surface area contributed by atoms with E-state index in [0.717, 1.165) is 25.9 Å². The Morgan fingerprint density at radius 1 is 1.25 bits per heavy atom.